The molecule has 22 heavy (non-hydrogen) atoms. The number of carboxylic acids is 1. The van der Waals surface area contributed by atoms with Gasteiger partial charge in [0.25, 0.3) is 0 Å². The third-order valence-corrected chi connectivity index (χ3v) is 3.63. The van der Waals surface area contributed by atoms with Crippen LogP contribution in [-0.4, -0.2) is 28.0 Å². The third kappa shape index (κ3) is 3.97. The van der Waals surface area contributed by atoms with E-state index < -0.39 is 41.8 Å². The maximum Gasteiger partial charge on any atom is 0.417 e. The molecule has 0 bridgehead atoms. The number of benzene rings is 1. The first-order valence-electron chi connectivity index (χ1n) is 6.56. The van der Waals surface area contributed by atoms with E-state index in [9.17, 15) is 27.5 Å². The molecule has 3 nitrogen and oxygen atoms in total. The van der Waals surface area contributed by atoms with Gasteiger partial charge in [0, 0.05) is 0 Å². The second-order valence-electron chi connectivity index (χ2n) is 6.12. The minimum atomic E-state index is -5.11. The van der Waals surface area contributed by atoms with Gasteiger partial charge < -0.3 is 10.2 Å². The second-order valence-corrected chi connectivity index (χ2v) is 6.12. The average Bonchev–Trinajstić information content (AvgIpc) is 2.28. The van der Waals surface area contributed by atoms with Crippen molar-refractivity contribution in [1.82, 2.24) is 0 Å². The number of aliphatic hydroxyl groups is 1. The Morgan fingerprint density at radius 1 is 1.23 bits per heavy atom. The summed E-state index contributed by atoms with van der Waals surface area (Å²) in [6.07, 6.45) is -7.46. The van der Waals surface area contributed by atoms with Crippen LogP contribution in [0.3, 0.4) is 0 Å². The Morgan fingerprint density at radius 2 is 1.77 bits per heavy atom. The van der Waals surface area contributed by atoms with E-state index in [2.05, 4.69) is 0 Å². The SMILES string of the molecule is Cc1ccc(F)cc1C(C)(C)C[C@@](O)(CC(=O)O)C(F)(F)F. The molecule has 0 fully saturated rings. The summed E-state index contributed by atoms with van der Waals surface area (Å²) in [5.41, 5.74) is -3.81. The number of aryl methyl sites for hydroxylation is 1. The maximum absolute atomic E-state index is 13.4. The Hall–Kier alpha value is -1.63. The van der Waals surface area contributed by atoms with Crippen molar-refractivity contribution in [1.29, 1.82) is 0 Å². The molecule has 0 saturated carbocycles. The van der Waals surface area contributed by atoms with Gasteiger partial charge in [-0.3, -0.25) is 4.79 Å². The van der Waals surface area contributed by atoms with Crippen molar-refractivity contribution in [2.75, 3.05) is 0 Å². The molecule has 2 N–H and O–H groups in total. The highest BCUT2D eigenvalue weighted by atomic mass is 19.4. The highest BCUT2D eigenvalue weighted by Crippen LogP contribution is 2.43. The third-order valence-electron chi connectivity index (χ3n) is 3.63. The summed E-state index contributed by atoms with van der Waals surface area (Å²) >= 11 is 0. The summed E-state index contributed by atoms with van der Waals surface area (Å²) in [6, 6.07) is 3.71. The Bertz CT molecular complexity index is 566. The van der Waals surface area contributed by atoms with Crippen molar-refractivity contribution in [2.45, 2.75) is 50.8 Å². The highest BCUT2D eigenvalue weighted by molar-refractivity contribution is 5.68. The van der Waals surface area contributed by atoms with Crippen LogP contribution in [0.4, 0.5) is 17.6 Å². The molecule has 0 heterocycles. The molecule has 0 aliphatic rings. The van der Waals surface area contributed by atoms with Crippen LogP contribution in [0.2, 0.25) is 0 Å². The fraction of sp³-hybridized carbons (Fsp3) is 0.533. The second kappa shape index (κ2) is 5.87. The predicted molar refractivity (Wildman–Crippen MR) is 72.0 cm³/mol. The van der Waals surface area contributed by atoms with Crippen molar-refractivity contribution >= 4 is 5.97 Å². The van der Waals surface area contributed by atoms with Gasteiger partial charge in [-0.1, -0.05) is 19.9 Å². The minimum absolute atomic E-state index is 0.292. The first-order chi connectivity index (χ1) is 9.78. The molecular formula is C15H18F4O3. The van der Waals surface area contributed by atoms with Gasteiger partial charge in [-0.15, -0.1) is 0 Å². The zero-order valence-corrected chi connectivity index (χ0v) is 12.5. The molecule has 1 aromatic rings. The molecule has 0 spiro atoms. The van der Waals surface area contributed by atoms with Gasteiger partial charge in [-0.2, -0.15) is 13.2 Å². The van der Waals surface area contributed by atoms with Crippen LogP contribution in [-0.2, 0) is 10.2 Å². The van der Waals surface area contributed by atoms with Crippen molar-refractivity contribution in [3.63, 3.8) is 0 Å². The number of halogens is 4. The van der Waals surface area contributed by atoms with Gasteiger partial charge in [0.1, 0.15) is 5.82 Å². The molecule has 1 aromatic carbocycles. The Kier molecular flexibility index (Phi) is 4.91. The molecule has 0 unspecified atom stereocenters. The number of aliphatic carboxylic acids is 1. The summed E-state index contributed by atoms with van der Waals surface area (Å²) in [5, 5.41) is 18.5. The lowest BCUT2D eigenvalue weighted by Gasteiger charge is -2.37. The van der Waals surface area contributed by atoms with Crippen LogP contribution < -0.4 is 0 Å². The largest absolute Gasteiger partial charge is 0.481 e. The fourth-order valence-corrected chi connectivity index (χ4v) is 2.66. The average molecular weight is 322 g/mol. The summed E-state index contributed by atoms with van der Waals surface area (Å²) in [5.74, 6) is -2.37. The van der Waals surface area contributed by atoms with E-state index in [1.807, 2.05) is 0 Å². The first-order valence-corrected chi connectivity index (χ1v) is 6.56. The van der Waals surface area contributed by atoms with Gasteiger partial charge in [-0.05, 0) is 42.0 Å². The maximum atomic E-state index is 13.4. The van der Waals surface area contributed by atoms with Gasteiger partial charge in [-0.25, -0.2) is 4.39 Å². The van der Waals surface area contributed by atoms with Crippen LogP contribution in [0.15, 0.2) is 18.2 Å². The van der Waals surface area contributed by atoms with Gasteiger partial charge in [0.15, 0.2) is 5.60 Å². The molecule has 0 aromatic heterocycles. The van der Waals surface area contributed by atoms with Crippen molar-refractivity contribution in [3.8, 4) is 0 Å². The number of carboxylic acid groups (broad SMARTS) is 1. The molecule has 0 radical (unpaired) electrons. The smallest absolute Gasteiger partial charge is 0.417 e. The number of carbonyl (C=O) groups is 1. The van der Waals surface area contributed by atoms with E-state index in [0.717, 1.165) is 6.07 Å². The first kappa shape index (κ1) is 18.4. The normalized spacial score (nSPS) is 15.5. The van der Waals surface area contributed by atoms with Crippen molar-refractivity contribution < 1.29 is 32.6 Å². The summed E-state index contributed by atoms with van der Waals surface area (Å²) in [7, 11) is 0. The lowest BCUT2D eigenvalue weighted by atomic mass is 9.72. The molecule has 1 rings (SSSR count). The van der Waals surface area contributed by atoms with E-state index in [4.69, 9.17) is 5.11 Å². The monoisotopic (exact) mass is 322 g/mol. The zero-order chi connectivity index (χ0) is 17.3. The summed E-state index contributed by atoms with van der Waals surface area (Å²) in [4.78, 5) is 10.7. The molecule has 0 saturated heterocycles. The number of alkyl halides is 3. The van der Waals surface area contributed by atoms with Crippen LogP contribution >= 0.6 is 0 Å². The molecule has 0 amide bonds. The van der Waals surface area contributed by atoms with E-state index in [1.54, 1.807) is 6.92 Å². The lowest BCUT2D eigenvalue weighted by molar-refractivity contribution is -0.268. The standard InChI is InChI=1S/C15H18F4O3/c1-9-4-5-10(16)6-11(9)13(2,3)8-14(22,7-12(20)21)15(17,18)19/h4-6,22H,7-8H2,1-3H3,(H,20,21)/t14-/m0/s1. The van der Waals surface area contributed by atoms with Gasteiger partial charge >= 0.3 is 12.1 Å². The zero-order valence-electron chi connectivity index (χ0n) is 12.5. The minimum Gasteiger partial charge on any atom is -0.481 e. The lowest BCUT2D eigenvalue weighted by Crippen LogP contribution is -2.50. The topological polar surface area (TPSA) is 57.5 Å². The van der Waals surface area contributed by atoms with Crippen LogP contribution in [0, 0.1) is 12.7 Å². The molecule has 7 heteroatoms. The fourth-order valence-electron chi connectivity index (χ4n) is 2.66. The quantitative estimate of drug-likeness (QED) is 0.815. The van der Waals surface area contributed by atoms with Crippen LogP contribution in [0.1, 0.15) is 37.8 Å². The van der Waals surface area contributed by atoms with Crippen LogP contribution in [0.25, 0.3) is 0 Å². The van der Waals surface area contributed by atoms with E-state index in [0.29, 0.717) is 11.1 Å². The summed E-state index contributed by atoms with van der Waals surface area (Å²) < 4.78 is 52.7. The van der Waals surface area contributed by atoms with E-state index in [1.165, 1.54) is 26.0 Å². The molecule has 1 atom stereocenters. The van der Waals surface area contributed by atoms with Gasteiger partial charge in [0.05, 0.1) is 6.42 Å². The molecule has 0 aliphatic heterocycles. The Morgan fingerprint density at radius 3 is 2.23 bits per heavy atom. The number of rotatable bonds is 5. The molecular weight excluding hydrogens is 304 g/mol. The number of hydrogen-bond donors (Lipinski definition) is 2. The molecule has 0 aliphatic carbocycles. The highest BCUT2D eigenvalue weighted by Gasteiger charge is 2.57. The van der Waals surface area contributed by atoms with E-state index in [-0.39, 0.29) is 0 Å². The van der Waals surface area contributed by atoms with Crippen molar-refractivity contribution in [3.05, 3.63) is 35.1 Å². The van der Waals surface area contributed by atoms with Crippen molar-refractivity contribution in [2.24, 2.45) is 0 Å². The molecule has 124 valence electrons. The Balaban J connectivity index is 3.26. The van der Waals surface area contributed by atoms with Crippen LogP contribution in [0.5, 0.6) is 0 Å². The van der Waals surface area contributed by atoms with E-state index >= 15 is 0 Å². The Labute approximate surface area is 125 Å². The van der Waals surface area contributed by atoms with Gasteiger partial charge in [0.2, 0.25) is 0 Å². The number of hydrogen-bond acceptors (Lipinski definition) is 2. The summed E-state index contributed by atoms with van der Waals surface area (Å²) in [6.45, 7) is 4.43. The predicted octanol–water partition coefficient (Wildman–Crippen LogP) is 3.57.